The zero-order valence-corrected chi connectivity index (χ0v) is 21.6. The summed E-state index contributed by atoms with van der Waals surface area (Å²) in [4.78, 5) is 41.3. The summed E-state index contributed by atoms with van der Waals surface area (Å²) in [5.74, 6) is -1.16. The summed E-state index contributed by atoms with van der Waals surface area (Å²) in [6, 6.07) is 3.23. The van der Waals surface area contributed by atoms with E-state index in [0.29, 0.717) is 17.3 Å². The van der Waals surface area contributed by atoms with Crippen molar-refractivity contribution in [3.63, 3.8) is 0 Å². The van der Waals surface area contributed by atoms with E-state index < -0.39 is 41.9 Å². The standard InChI is InChI=1S/C21H34N3O11P/c1-24(2,3)16-18(15-21(25)26)35-36(31,32)34-13-9-7-5-4-6-8-12-33-20-11-10-17(22(27)28)14-19(20)23(29)30/h10-11,14,18H,4-9,12-13,15-16H2,1-3H3,(H-,25,26,31,32)/p+1. The third-order valence-electron chi connectivity index (χ3n) is 4.84. The molecule has 204 valence electrons. The Labute approximate surface area is 209 Å². The van der Waals surface area contributed by atoms with Gasteiger partial charge in [-0.3, -0.25) is 34.1 Å². The van der Waals surface area contributed by atoms with Crippen molar-refractivity contribution in [1.29, 1.82) is 0 Å². The number of carboxylic acid groups (broad SMARTS) is 1. The summed E-state index contributed by atoms with van der Waals surface area (Å²) in [5.41, 5.74) is -0.840. The van der Waals surface area contributed by atoms with Crippen LogP contribution in [0.25, 0.3) is 0 Å². The molecule has 0 bridgehead atoms. The number of benzene rings is 1. The molecule has 0 amide bonds. The van der Waals surface area contributed by atoms with Crippen LogP contribution in [0.2, 0.25) is 0 Å². The lowest BCUT2D eigenvalue weighted by atomic mass is 10.1. The Hall–Kier alpha value is -2.64. The van der Waals surface area contributed by atoms with Crippen LogP contribution in [0, 0.1) is 20.2 Å². The van der Waals surface area contributed by atoms with Crippen LogP contribution in [0.1, 0.15) is 44.9 Å². The minimum atomic E-state index is -4.39. The first-order valence-electron chi connectivity index (χ1n) is 11.4. The summed E-state index contributed by atoms with van der Waals surface area (Å²) in [6.45, 7) is 0.434. The lowest BCUT2D eigenvalue weighted by Gasteiger charge is -2.29. The van der Waals surface area contributed by atoms with Gasteiger partial charge in [0.25, 0.3) is 5.69 Å². The number of nitro benzene ring substituents is 2. The van der Waals surface area contributed by atoms with Gasteiger partial charge in [0.15, 0.2) is 5.75 Å². The number of hydrogen-bond acceptors (Lipinski definition) is 9. The van der Waals surface area contributed by atoms with Crippen molar-refractivity contribution in [2.24, 2.45) is 0 Å². The molecule has 0 heterocycles. The van der Waals surface area contributed by atoms with Gasteiger partial charge in [-0.25, -0.2) is 4.57 Å². The lowest BCUT2D eigenvalue weighted by molar-refractivity contribution is -0.873. The molecule has 2 atom stereocenters. The van der Waals surface area contributed by atoms with Gasteiger partial charge >= 0.3 is 19.5 Å². The SMILES string of the molecule is C[N+](C)(C)CC(CC(=O)O)OP(=O)(O)OCCCCCCCCOc1ccc([N+](=O)[O-])cc1[N+](=O)[O-]. The van der Waals surface area contributed by atoms with E-state index in [1.807, 2.05) is 21.1 Å². The maximum absolute atomic E-state index is 12.2. The molecule has 0 aliphatic heterocycles. The molecular formula is C21H35N3O11P+. The number of nitrogens with zero attached hydrogens (tertiary/aromatic N) is 3. The van der Waals surface area contributed by atoms with Crippen LogP contribution in [0.3, 0.4) is 0 Å². The van der Waals surface area contributed by atoms with Crippen LogP contribution < -0.4 is 4.74 Å². The molecule has 1 rings (SSSR count). The van der Waals surface area contributed by atoms with Crippen molar-refractivity contribution in [3.8, 4) is 5.75 Å². The summed E-state index contributed by atoms with van der Waals surface area (Å²) in [6.07, 6.45) is 2.93. The largest absolute Gasteiger partial charge is 0.487 e. The van der Waals surface area contributed by atoms with Crippen molar-refractivity contribution in [2.45, 2.75) is 51.0 Å². The Morgan fingerprint density at radius 2 is 1.61 bits per heavy atom. The molecule has 0 spiro atoms. The first kappa shape index (κ1) is 31.4. The van der Waals surface area contributed by atoms with Crippen LogP contribution in [-0.2, 0) is 18.4 Å². The zero-order valence-electron chi connectivity index (χ0n) is 20.7. The van der Waals surface area contributed by atoms with Gasteiger partial charge in [0.2, 0.25) is 0 Å². The second kappa shape index (κ2) is 14.8. The Morgan fingerprint density at radius 1 is 1.03 bits per heavy atom. The number of ether oxygens (including phenoxy) is 1. The number of carboxylic acids is 1. The van der Waals surface area contributed by atoms with E-state index in [-0.39, 0.29) is 31.2 Å². The molecule has 15 heteroatoms. The number of aliphatic carboxylic acids is 1. The molecule has 1 aromatic rings. The number of nitro groups is 2. The van der Waals surface area contributed by atoms with Crippen LogP contribution in [0.15, 0.2) is 18.2 Å². The Bertz CT molecular complexity index is 936. The second-order valence-electron chi connectivity index (χ2n) is 9.24. The van der Waals surface area contributed by atoms with E-state index in [4.69, 9.17) is 18.9 Å². The highest BCUT2D eigenvalue weighted by atomic mass is 31.2. The second-order valence-corrected chi connectivity index (χ2v) is 10.6. The third kappa shape index (κ3) is 13.4. The van der Waals surface area contributed by atoms with Gasteiger partial charge < -0.3 is 19.2 Å². The van der Waals surface area contributed by atoms with Gasteiger partial charge in [0, 0.05) is 6.07 Å². The predicted molar refractivity (Wildman–Crippen MR) is 129 cm³/mol. The van der Waals surface area contributed by atoms with Crippen LogP contribution in [0.4, 0.5) is 11.4 Å². The number of rotatable bonds is 19. The average Bonchev–Trinajstić information content (AvgIpc) is 2.72. The van der Waals surface area contributed by atoms with Crippen LogP contribution >= 0.6 is 7.82 Å². The molecule has 2 unspecified atom stereocenters. The normalized spacial score (nSPS) is 14.1. The smallest absolute Gasteiger partial charge is 0.472 e. The number of unbranched alkanes of at least 4 members (excludes halogenated alkanes) is 5. The van der Waals surface area contributed by atoms with E-state index in [1.54, 1.807) is 0 Å². The zero-order chi connectivity index (χ0) is 27.4. The van der Waals surface area contributed by atoms with Crippen molar-refractivity contribution in [1.82, 2.24) is 0 Å². The first-order valence-corrected chi connectivity index (χ1v) is 12.9. The van der Waals surface area contributed by atoms with Gasteiger partial charge in [0.1, 0.15) is 12.6 Å². The van der Waals surface area contributed by atoms with Gasteiger partial charge in [-0.1, -0.05) is 25.7 Å². The quantitative estimate of drug-likeness (QED) is 0.0857. The molecule has 1 aromatic carbocycles. The number of likely N-dealkylation sites (N-methyl/N-ethyl adjacent to an activating group) is 1. The Kier molecular flexibility index (Phi) is 12.9. The molecule has 0 aromatic heterocycles. The van der Waals surface area contributed by atoms with Gasteiger partial charge in [0.05, 0.1) is 56.7 Å². The molecular weight excluding hydrogens is 501 g/mol. The van der Waals surface area contributed by atoms with Crippen molar-refractivity contribution < 1.29 is 47.5 Å². The lowest BCUT2D eigenvalue weighted by Crippen LogP contribution is -2.42. The van der Waals surface area contributed by atoms with Crippen molar-refractivity contribution in [2.75, 3.05) is 40.9 Å². The fourth-order valence-electron chi connectivity index (χ4n) is 3.32. The molecule has 14 nitrogen and oxygen atoms in total. The monoisotopic (exact) mass is 536 g/mol. The van der Waals surface area contributed by atoms with E-state index >= 15 is 0 Å². The first-order chi connectivity index (χ1) is 16.7. The Morgan fingerprint density at radius 3 is 2.14 bits per heavy atom. The number of non-ortho nitro benzene ring substituents is 1. The minimum absolute atomic E-state index is 0.00906. The average molecular weight is 536 g/mol. The number of phosphoric acid groups is 1. The van der Waals surface area contributed by atoms with E-state index in [1.165, 1.54) is 6.07 Å². The molecule has 0 saturated carbocycles. The maximum Gasteiger partial charge on any atom is 0.472 e. The number of quaternary nitrogens is 1. The van der Waals surface area contributed by atoms with Crippen molar-refractivity contribution in [3.05, 3.63) is 38.4 Å². The molecule has 0 aliphatic carbocycles. The Balaban J connectivity index is 2.26. The summed E-state index contributed by atoms with van der Waals surface area (Å²) in [7, 11) is 1.05. The highest BCUT2D eigenvalue weighted by Gasteiger charge is 2.31. The number of hydrogen-bond donors (Lipinski definition) is 2. The molecule has 0 radical (unpaired) electrons. The van der Waals surface area contributed by atoms with Gasteiger partial charge in [-0.2, -0.15) is 0 Å². The van der Waals surface area contributed by atoms with E-state index in [2.05, 4.69) is 0 Å². The topological polar surface area (TPSA) is 189 Å². The number of phosphoric ester groups is 1. The third-order valence-corrected chi connectivity index (χ3v) is 5.91. The van der Waals surface area contributed by atoms with Crippen molar-refractivity contribution >= 4 is 25.2 Å². The molecule has 2 N–H and O–H groups in total. The van der Waals surface area contributed by atoms with E-state index in [9.17, 15) is 34.5 Å². The van der Waals surface area contributed by atoms with E-state index in [0.717, 1.165) is 37.8 Å². The van der Waals surface area contributed by atoms with Gasteiger partial charge in [-0.05, 0) is 18.9 Å². The van der Waals surface area contributed by atoms with Crippen LogP contribution in [0.5, 0.6) is 5.75 Å². The summed E-state index contributed by atoms with van der Waals surface area (Å²) >= 11 is 0. The highest BCUT2D eigenvalue weighted by molar-refractivity contribution is 7.47. The van der Waals surface area contributed by atoms with Gasteiger partial charge in [-0.15, -0.1) is 0 Å². The maximum atomic E-state index is 12.2. The highest BCUT2D eigenvalue weighted by Crippen LogP contribution is 2.45. The number of carbonyl (C=O) groups is 1. The molecule has 0 aliphatic rings. The fraction of sp³-hybridized carbons (Fsp3) is 0.667. The molecule has 0 fully saturated rings. The summed E-state index contributed by atoms with van der Waals surface area (Å²) < 4.78 is 28.0. The predicted octanol–water partition coefficient (Wildman–Crippen LogP) is 3.91. The molecule has 36 heavy (non-hydrogen) atoms. The van der Waals surface area contributed by atoms with Crippen LogP contribution in [-0.4, -0.2) is 77.3 Å². The molecule has 0 saturated heterocycles. The summed E-state index contributed by atoms with van der Waals surface area (Å²) in [5, 5.41) is 30.9. The fourth-order valence-corrected chi connectivity index (χ4v) is 4.26. The minimum Gasteiger partial charge on any atom is -0.487 e.